The summed E-state index contributed by atoms with van der Waals surface area (Å²) in [6.45, 7) is 5.32. The zero-order chi connectivity index (χ0) is 15.4. The Morgan fingerprint density at radius 2 is 2.05 bits per heavy atom. The summed E-state index contributed by atoms with van der Waals surface area (Å²) in [5, 5.41) is 4.52. The van der Waals surface area contributed by atoms with Crippen LogP contribution in [-0.2, 0) is 6.54 Å². The summed E-state index contributed by atoms with van der Waals surface area (Å²) in [6.07, 6.45) is 1.81. The normalized spacial score (nSPS) is 10.6. The fourth-order valence-electron chi connectivity index (χ4n) is 2.43. The number of hydrogen-bond acceptors (Lipinski definition) is 4. The Hall–Kier alpha value is -2.62. The molecule has 0 aliphatic heterocycles. The molecule has 0 radical (unpaired) electrons. The first-order valence-electron chi connectivity index (χ1n) is 7.44. The third kappa shape index (κ3) is 3.17. The first kappa shape index (κ1) is 14.3. The summed E-state index contributed by atoms with van der Waals surface area (Å²) in [5.74, 6) is 0.863. The molecule has 1 N–H and O–H groups in total. The van der Waals surface area contributed by atoms with E-state index in [1.165, 1.54) is 0 Å². The monoisotopic (exact) mass is 293 g/mol. The van der Waals surface area contributed by atoms with Gasteiger partial charge in [0, 0.05) is 23.0 Å². The van der Waals surface area contributed by atoms with Crippen LogP contribution in [0.2, 0.25) is 0 Å². The number of hydrogen-bond donors (Lipinski definition) is 1. The van der Waals surface area contributed by atoms with E-state index in [4.69, 9.17) is 4.74 Å². The minimum Gasteiger partial charge on any atom is -0.494 e. The van der Waals surface area contributed by atoms with Crippen LogP contribution in [0.1, 0.15) is 18.3 Å². The van der Waals surface area contributed by atoms with Gasteiger partial charge in [0.1, 0.15) is 5.75 Å². The van der Waals surface area contributed by atoms with Gasteiger partial charge in [-0.15, -0.1) is 0 Å². The predicted octanol–water partition coefficient (Wildman–Crippen LogP) is 3.95. The molecule has 0 saturated heterocycles. The lowest BCUT2D eigenvalue weighted by Crippen LogP contribution is -2.03. The lowest BCUT2D eigenvalue weighted by atomic mass is 10.1. The molecule has 4 nitrogen and oxygen atoms in total. The average Bonchev–Trinajstić information content (AvgIpc) is 2.54. The van der Waals surface area contributed by atoms with Gasteiger partial charge >= 0.3 is 0 Å². The lowest BCUT2D eigenvalue weighted by Gasteiger charge is -2.12. The van der Waals surface area contributed by atoms with Crippen molar-refractivity contribution in [2.24, 2.45) is 0 Å². The van der Waals surface area contributed by atoms with Crippen LogP contribution in [-0.4, -0.2) is 16.6 Å². The van der Waals surface area contributed by atoms with Gasteiger partial charge in [-0.1, -0.05) is 6.07 Å². The molecule has 2 heterocycles. The van der Waals surface area contributed by atoms with E-state index < -0.39 is 0 Å². The van der Waals surface area contributed by atoms with E-state index in [9.17, 15) is 0 Å². The molecule has 0 saturated carbocycles. The number of aromatic nitrogens is 2. The van der Waals surface area contributed by atoms with Crippen LogP contribution >= 0.6 is 0 Å². The second kappa shape index (κ2) is 6.43. The second-order valence-corrected chi connectivity index (χ2v) is 5.10. The van der Waals surface area contributed by atoms with E-state index in [0.29, 0.717) is 13.2 Å². The first-order valence-corrected chi connectivity index (χ1v) is 7.44. The Labute approximate surface area is 130 Å². The minimum absolute atomic E-state index is 0.654. The SMILES string of the molecule is CCOc1ccc2nc(C)cc(NCc3ccccn3)c2c1. The molecule has 0 unspecified atom stereocenters. The van der Waals surface area contributed by atoms with E-state index >= 15 is 0 Å². The van der Waals surface area contributed by atoms with E-state index in [1.54, 1.807) is 6.20 Å². The highest BCUT2D eigenvalue weighted by Gasteiger charge is 2.06. The van der Waals surface area contributed by atoms with Crippen LogP contribution in [0, 0.1) is 6.92 Å². The number of pyridine rings is 2. The molecule has 0 fully saturated rings. The summed E-state index contributed by atoms with van der Waals surface area (Å²) < 4.78 is 5.59. The topological polar surface area (TPSA) is 47.0 Å². The van der Waals surface area contributed by atoms with E-state index in [-0.39, 0.29) is 0 Å². The maximum Gasteiger partial charge on any atom is 0.120 e. The van der Waals surface area contributed by atoms with Gasteiger partial charge in [0.2, 0.25) is 0 Å². The average molecular weight is 293 g/mol. The number of nitrogens with one attached hydrogen (secondary N) is 1. The molecule has 0 atom stereocenters. The van der Waals surface area contributed by atoms with Crippen LogP contribution < -0.4 is 10.1 Å². The fraction of sp³-hybridized carbons (Fsp3) is 0.222. The number of ether oxygens (including phenoxy) is 1. The van der Waals surface area contributed by atoms with Gasteiger partial charge in [0.05, 0.1) is 24.4 Å². The van der Waals surface area contributed by atoms with Crippen molar-refractivity contribution in [1.82, 2.24) is 9.97 Å². The van der Waals surface area contributed by atoms with Gasteiger partial charge in [0.15, 0.2) is 0 Å². The zero-order valence-electron chi connectivity index (χ0n) is 12.8. The number of fused-ring (bicyclic) bond motifs is 1. The van der Waals surface area contributed by atoms with Gasteiger partial charge in [0.25, 0.3) is 0 Å². The lowest BCUT2D eigenvalue weighted by molar-refractivity contribution is 0.340. The Kier molecular flexibility index (Phi) is 4.19. The van der Waals surface area contributed by atoms with Crippen LogP contribution in [0.3, 0.4) is 0 Å². The molecule has 4 heteroatoms. The molecular weight excluding hydrogens is 274 g/mol. The number of benzene rings is 1. The van der Waals surface area contributed by atoms with Crippen LogP contribution in [0.5, 0.6) is 5.75 Å². The second-order valence-electron chi connectivity index (χ2n) is 5.10. The van der Waals surface area contributed by atoms with E-state index in [1.807, 2.05) is 50.2 Å². The molecule has 22 heavy (non-hydrogen) atoms. The Balaban J connectivity index is 1.94. The molecular formula is C18H19N3O. The van der Waals surface area contributed by atoms with Gasteiger partial charge in [-0.3, -0.25) is 9.97 Å². The molecule has 112 valence electrons. The minimum atomic E-state index is 0.654. The molecule has 3 aromatic rings. The van der Waals surface area contributed by atoms with Gasteiger partial charge < -0.3 is 10.1 Å². The molecule has 0 amide bonds. The third-order valence-electron chi connectivity index (χ3n) is 3.41. The maximum atomic E-state index is 5.59. The Morgan fingerprint density at radius 1 is 1.14 bits per heavy atom. The molecule has 0 aliphatic rings. The standard InChI is InChI=1S/C18H19N3O/c1-3-22-15-7-8-17-16(11-15)18(10-13(2)21-17)20-12-14-6-4-5-9-19-14/h4-11H,3,12H2,1-2H3,(H,20,21). The van der Waals surface area contributed by atoms with Crippen molar-refractivity contribution in [3.8, 4) is 5.75 Å². The largest absolute Gasteiger partial charge is 0.494 e. The van der Waals surface area contributed by atoms with Gasteiger partial charge in [-0.25, -0.2) is 0 Å². The van der Waals surface area contributed by atoms with Crippen molar-refractivity contribution in [3.05, 3.63) is 60.0 Å². The fourth-order valence-corrected chi connectivity index (χ4v) is 2.43. The first-order chi connectivity index (χ1) is 10.8. The number of nitrogens with zero attached hydrogens (tertiary/aromatic N) is 2. The molecule has 0 aliphatic carbocycles. The predicted molar refractivity (Wildman–Crippen MR) is 89.2 cm³/mol. The van der Waals surface area contributed by atoms with Gasteiger partial charge in [-0.05, 0) is 50.2 Å². The van der Waals surface area contributed by atoms with Crippen LogP contribution in [0.4, 0.5) is 5.69 Å². The molecule has 0 spiro atoms. The van der Waals surface area contributed by atoms with Crippen molar-refractivity contribution < 1.29 is 4.74 Å². The summed E-state index contributed by atoms with van der Waals surface area (Å²) in [4.78, 5) is 8.92. The highest BCUT2D eigenvalue weighted by molar-refractivity contribution is 5.92. The smallest absolute Gasteiger partial charge is 0.120 e. The van der Waals surface area contributed by atoms with Crippen molar-refractivity contribution in [3.63, 3.8) is 0 Å². The molecule has 1 aromatic carbocycles. The Bertz CT molecular complexity index is 772. The van der Waals surface area contributed by atoms with Crippen molar-refractivity contribution in [1.29, 1.82) is 0 Å². The highest BCUT2D eigenvalue weighted by atomic mass is 16.5. The zero-order valence-corrected chi connectivity index (χ0v) is 12.8. The number of rotatable bonds is 5. The number of aryl methyl sites for hydroxylation is 1. The molecule has 2 aromatic heterocycles. The quantitative estimate of drug-likeness (QED) is 0.773. The third-order valence-corrected chi connectivity index (χ3v) is 3.41. The Morgan fingerprint density at radius 3 is 2.82 bits per heavy atom. The summed E-state index contributed by atoms with van der Waals surface area (Å²) in [7, 11) is 0. The van der Waals surface area contributed by atoms with Crippen LogP contribution in [0.15, 0.2) is 48.7 Å². The van der Waals surface area contributed by atoms with E-state index in [2.05, 4.69) is 21.4 Å². The van der Waals surface area contributed by atoms with Crippen LogP contribution in [0.25, 0.3) is 10.9 Å². The van der Waals surface area contributed by atoms with Crippen molar-refractivity contribution >= 4 is 16.6 Å². The van der Waals surface area contributed by atoms with Crippen molar-refractivity contribution in [2.45, 2.75) is 20.4 Å². The summed E-state index contributed by atoms with van der Waals surface area (Å²) >= 11 is 0. The number of anilines is 1. The summed E-state index contributed by atoms with van der Waals surface area (Å²) in [5.41, 5.74) is 4.01. The van der Waals surface area contributed by atoms with Gasteiger partial charge in [-0.2, -0.15) is 0 Å². The molecule has 0 bridgehead atoms. The van der Waals surface area contributed by atoms with Crippen molar-refractivity contribution in [2.75, 3.05) is 11.9 Å². The van der Waals surface area contributed by atoms with E-state index in [0.717, 1.165) is 33.7 Å². The highest BCUT2D eigenvalue weighted by Crippen LogP contribution is 2.27. The summed E-state index contributed by atoms with van der Waals surface area (Å²) in [6, 6.07) is 14.0. The molecule has 3 rings (SSSR count). The maximum absolute atomic E-state index is 5.59.